The van der Waals surface area contributed by atoms with Gasteiger partial charge in [0.15, 0.2) is 0 Å². The first-order valence-electron chi connectivity index (χ1n) is 8.50. The number of quaternary nitrogens is 2. The van der Waals surface area contributed by atoms with Crippen LogP contribution in [-0.2, 0) is 5.54 Å². The van der Waals surface area contributed by atoms with E-state index in [1.165, 1.54) is 32.7 Å². The second-order valence-electron chi connectivity index (χ2n) is 6.84. The summed E-state index contributed by atoms with van der Waals surface area (Å²) in [5.74, 6) is 1.07. The molecule has 1 saturated heterocycles. The lowest BCUT2D eigenvalue weighted by molar-refractivity contribution is -1.03. The van der Waals surface area contributed by atoms with Gasteiger partial charge in [-0.3, -0.25) is 0 Å². The molecule has 1 atom stereocenters. The van der Waals surface area contributed by atoms with Crippen molar-refractivity contribution in [2.45, 2.75) is 59.0 Å². The zero-order chi connectivity index (χ0) is 15.5. The molecule has 0 unspecified atom stereocenters. The first-order valence-corrected chi connectivity index (χ1v) is 8.50. The maximum Gasteiger partial charge on any atom is 0.209 e. The summed E-state index contributed by atoms with van der Waals surface area (Å²) in [5, 5.41) is 12.7. The molecule has 0 spiro atoms. The summed E-state index contributed by atoms with van der Waals surface area (Å²) in [4.78, 5) is 3.37. The third-order valence-electron chi connectivity index (χ3n) is 5.24. The van der Waals surface area contributed by atoms with Gasteiger partial charge >= 0.3 is 0 Å². The van der Waals surface area contributed by atoms with Gasteiger partial charge in [0.2, 0.25) is 5.82 Å². The fourth-order valence-corrected chi connectivity index (χ4v) is 3.27. The molecule has 6 heteroatoms. The second-order valence-corrected chi connectivity index (χ2v) is 6.84. The Bertz CT molecular complexity index is 433. The zero-order valence-corrected chi connectivity index (χ0v) is 14.3. The van der Waals surface area contributed by atoms with Gasteiger partial charge in [0.05, 0.1) is 12.1 Å². The third-order valence-corrected chi connectivity index (χ3v) is 5.24. The fraction of sp³-hybridized carbons (Fsp3) is 0.933. The van der Waals surface area contributed by atoms with E-state index in [2.05, 4.69) is 54.8 Å². The summed E-state index contributed by atoms with van der Waals surface area (Å²) in [6.07, 6.45) is 2.13. The molecule has 2 N–H and O–H groups in total. The molecule has 0 radical (unpaired) electrons. The molecule has 1 fully saturated rings. The Morgan fingerprint density at radius 1 is 1.14 bits per heavy atom. The topological polar surface area (TPSA) is 52.5 Å². The van der Waals surface area contributed by atoms with Crippen molar-refractivity contribution in [1.82, 2.24) is 20.2 Å². The lowest BCUT2D eigenvalue weighted by atomic mass is 10.0. The van der Waals surface area contributed by atoms with Gasteiger partial charge in [-0.15, -0.1) is 5.10 Å². The van der Waals surface area contributed by atoms with Crippen LogP contribution in [0.4, 0.5) is 0 Å². The summed E-state index contributed by atoms with van der Waals surface area (Å²) in [6, 6.07) is 0.421. The molecule has 1 aromatic heterocycles. The Hall–Kier alpha value is -1.01. The van der Waals surface area contributed by atoms with E-state index in [1.54, 1.807) is 9.80 Å². The van der Waals surface area contributed by atoms with Crippen LogP contribution < -0.4 is 9.80 Å². The first-order chi connectivity index (χ1) is 10.0. The number of aromatic nitrogens is 4. The van der Waals surface area contributed by atoms with E-state index >= 15 is 0 Å². The van der Waals surface area contributed by atoms with Gasteiger partial charge in [-0.1, -0.05) is 13.8 Å². The molecule has 2 heterocycles. The minimum atomic E-state index is -0.0117. The minimum Gasteiger partial charge on any atom is -0.326 e. The van der Waals surface area contributed by atoms with Crippen molar-refractivity contribution in [3.63, 3.8) is 0 Å². The minimum absolute atomic E-state index is 0.0117. The molecule has 120 valence electrons. The Labute approximate surface area is 128 Å². The van der Waals surface area contributed by atoms with Gasteiger partial charge in [-0.05, 0) is 37.6 Å². The van der Waals surface area contributed by atoms with Crippen molar-refractivity contribution in [3.8, 4) is 0 Å². The second kappa shape index (κ2) is 6.83. The lowest BCUT2D eigenvalue weighted by Crippen LogP contribution is -3.28. The SMILES string of the molecule is CC[C@H](c1nnnn1C(C)(C)CC)[NH+]1CC[NH+](CC)CC1. The van der Waals surface area contributed by atoms with Crippen LogP contribution in [0.2, 0.25) is 0 Å². The Kier molecular flexibility index (Phi) is 5.32. The standard InChI is InChI=1S/C15H30N6/c1-6-13(20-11-9-19(8-3)10-12-20)14-16-17-18-21(14)15(4,5)7-2/h13H,6-12H2,1-5H3/p+2/t13-/m1/s1. The number of nitrogens with zero attached hydrogens (tertiary/aromatic N) is 4. The Morgan fingerprint density at radius 3 is 2.33 bits per heavy atom. The summed E-state index contributed by atoms with van der Waals surface area (Å²) < 4.78 is 2.06. The van der Waals surface area contributed by atoms with Crippen LogP contribution in [0, 0.1) is 0 Å². The highest BCUT2D eigenvalue weighted by molar-refractivity contribution is 4.92. The predicted molar refractivity (Wildman–Crippen MR) is 82.4 cm³/mol. The average Bonchev–Trinajstić information content (AvgIpc) is 2.99. The molecule has 1 aliphatic rings. The van der Waals surface area contributed by atoms with Gasteiger partial charge in [0, 0.05) is 6.42 Å². The van der Waals surface area contributed by atoms with E-state index in [0.29, 0.717) is 6.04 Å². The molecule has 6 nitrogen and oxygen atoms in total. The van der Waals surface area contributed by atoms with Crippen LogP contribution in [0.3, 0.4) is 0 Å². The molecule has 0 bridgehead atoms. The largest absolute Gasteiger partial charge is 0.326 e. The fourth-order valence-electron chi connectivity index (χ4n) is 3.27. The van der Waals surface area contributed by atoms with E-state index in [4.69, 9.17) is 0 Å². The van der Waals surface area contributed by atoms with Gasteiger partial charge in [-0.2, -0.15) is 0 Å². The van der Waals surface area contributed by atoms with E-state index in [0.717, 1.165) is 18.7 Å². The van der Waals surface area contributed by atoms with E-state index in [-0.39, 0.29) is 5.54 Å². The van der Waals surface area contributed by atoms with Crippen molar-refractivity contribution in [3.05, 3.63) is 5.82 Å². The van der Waals surface area contributed by atoms with Crippen LogP contribution in [0.15, 0.2) is 0 Å². The third kappa shape index (κ3) is 3.43. The monoisotopic (exact) mass is 296 g/mol. The highest BCUT2D eigenvalue weighted by Gasteiger charge is 2.35. The number of tetrazole rings is 1. The number of nitrogens with one attached hydrogen (secondary N) is 2. The normalized spacial score (nSPS) is 25.0. The molecular formula is C15H32N6+2. The molecule has 0 aliphatic carbocycles. The van der Waals surface area contributed by atoms with Crippen LogP contribution in [0.25, 0.3) is 0 Å². The van der Waals surface area contributed by atoms with Gasteiger partial charge in [0.25, 0.3) is 0 Å². The van der Waals surface area contributed by atoms with Gasteiger partial charge in [0.1, 0.15) is 32.2 Å². The Balaban J connectivity index is 2.17. The highest BCUT2D eigenvalue weighted by Crippen LogP contribution is 2.22. The molecule has 0 aromatic carbocycles. The quantitative estimate of drug-likeness (QED) is 0.713. The average molecular weight is 296 g/mol. The summed E-state index contributed by atoms with van der Waals surface area (Å²) >= 11 is 0. The van der Waals surface area contributed by atoms with Crippen LogP contribution in [0.1, 0.15) is 59.3 Å². The molecule has 0 amide bonds. The maximum absolute atomic E-state index is 4.39. The number of hydrogen-bond acceptors (Lipinski definition) is 3. The van der Waals surface area contributed by atoms with Crippen molar-refractivity contribution in [2.24, 2.45) is 0 Å². The van der Waals surface area contributed by atoms with E-state index in [1.807, 2.05) is 0 Å². The molecule has 2 rings (SSSR count). The van der Waals surface area contributed by atoms with Crippen LogP contribution in [0.5, 0.6) is 0 Å². The number of piperazine rings is 1. The summed E-state index contributed by atoms with van der Waals surface area (Å²) in [5.41, 5.74) is -0.0117. The predicted octanol–water partition coefficient (Wildman–Crippen LogP) is -0.927. The first kappa shape index (κ1) is 16.4. The molecule has 21 heavy (non-hydrogen) atoms. The number of likely N-dealkylation sites (N-methyl/N-ethyl adjacent to an activating group) is 1. The number of rotatable bonds is 6. The van der Waals surface area contributed by atoms with E-state index < -0.39 is 0 Å². The van der Waals surface area contributed by atoms with Crippen molar-refractivity contribution in [1.29, 1.82) is 0 Å². The van der Waals surface area contributed by atoms with Crippen molar-refractivity contribution in [2.75, 3.05) is 32.7 Å². The molecule has 1 aromatic rings. The smallest absolute Gasteiger partial charge is 0.209 e. The highest BCUT2D eigenvalue weighted by atomic mass is 15.6. The Morgan fingerprint density at radius 2 is 1.81 bits per heavy atom. The maximum atomic E-state index is 4.39. The van der Waals surface area contributed by atoms with Gasteiger partial charge in [-0.25, -0.2) is 4.68 Å². The van der Waals surface area contributed by atoms with Crippen molar-refractivity contribution >= 4 is 0 Å². The number of hydrogen-bond donors (Lipinski definition) is 2. The molecule has 0 saturated carbocycles. The van der Waals surface area contributed by atoms with Crippen LogP contribution >= 0.6 is 0 Å². The summed E-state index contributed by atoms with van der Waals surface area (Å²) in [6.45, 7) is 17.4. The van der Waals surface area contributed by atoms with E-state index in [9.17, 15) is 0 Å². The van der Waals surface area contributed by atoms with Crippen molar-refractivity contribution < 1.29 is 9.80 Å². The molecular weight excluding hydrogens is 264 g/mol. The van der Waals surface area contributed by atoms with Gasteiger partial charge < -0.3 is 9.80 Å². The lowest BCUT2D eigenvalue weighted by Gasteiger charge is -2.34. The summed E-state index contributed by atoms with van der Waals surface area (Å²) in [7, 11) is 0. The van der Waals surface area contributed by atoms with Crippen LogP contribution in [-0.4, -0.2) is 52.9 Å². The zero-order valence-electron chi connectivity index (χ0n) is 14.3. The molecule has 1 aliphatic heterocycles.